The van der Waals surface area contributed by atoms with Crippen LogP contribution in [0.3, 0.4) is 0 Å². The predicted octanol–water partition coefficient (Wildman–Crippen LogP) is 5.02. The average molecular weight is 466 g/mol. The number of nitrogens with zero attached hydrogens (tertiary/aromatic N) is 2. The molecule has 0 spiro atoms. The summed E-state index contributed by atoms with van der Waals surface area (Å²) in [4.78, 5) is 24.6. The van der Waals surface area contributed by atoms with Gasteiger partial charge >= 0.3 is 12.1 Å². The van der Waals surface area contributed by atoms with Gasteiger partial charge in [-0.25, -0.2) is 4.79 Å². The Morgan fingerprint density at radius 3 is 2.44 bits per heavy atom. The number of rotatable bonds is 6. The molecular weight excluding hydrogens is 447 g/mol. The first-order valence-electron chi connectivity index (χ1n) is 9.48. The lowest BCUT2D eigenvalue weighted by Gasteiger charge is -2.13. The van der Waals surface area contributed by atoms with E-state index < -0.39 is 35.9 Å². The number of esters is 1. The van der Waals surface area contributed by atoms with Crippen molar-refractivity contribution in [3.8, 4) is 0 Å². The SMILES string of the molecule is Cc1nn(Cc2ccccc2Cl)c(C)c1C(=O)OCC(=O)Nc1ccccc1C(F)(F)F. The van der Waals surface area contributed by atoms with Crippen molar-refractivity contribution in [1.82, 2.24) is 9.78 Å². The van der Waals surface area contributed by atoms with Gasteiger partial charge in [0.25, 0.3) is 5.91 Å². The molecule has 0 saturated heterocycles. The third-order valence-corrected chi connectivity index (χ3v) is 5.07. The molecule has 0 fully saturated rings. The summed E-state index contributed by atoms with van der Waals surface area (Å²) in [6, 6.07) is 11.7. The van der Waals surface area contributed by atoms with E-state index in [1.54, 1.807) is 30.7 Å². The Hall–Kier alpha value is -3.33. The Balaban J connectivity index is 1.68. The molecule has 0 radical (unpaired) electrons. The molecule has 0 saturated carbocycles. The third-order valence-electron chi connectivity index (χ3n) is 4.70. The molecular formula is C22H19ClF3N3O3. The van der Waals surface area contributed by atoms with Crippen molar-refractivity contribution in [2.45, 2.75) is 26.6 Å². The Kier molecular flexibility index (Phi) is 6.88. The standard InChI is InChI=1S/C22H19ClF3N3O3/c1-13-20(14(2)29(28-13)11-15-7-3-5-9-17(15)23)21(31)32-12-19(30)27-18-10-6-4-8-16(18)22(24,25)26/h3-10H,11-12H2,1-2H3,(H,27,30). The van der Waals surface area contributed by atoms with Gasteiger partial charge in [0.2, 0.25) is 0 Å². The Morgan fingerprint density at radius 2 is 1.75 bits per heavy atom. The number of hydrogen-bond acceptors (Lipinski definition) is 4. The van der Waals surface area contributed by atoms with E-state index >= 15 is 0 Å². The second-order valence-corrected chi connectivity index (χ2v) is 7.37. The first-order valence-corrected chi connectivity index (χ1v) is 9.86. The second kappa shape index (κ2) is 9.44. The highest BCUT2D eigenvalue weighted by Gasteiger charge is 2.33. The number of ether oxygens (including phenoxy) is 1. The minimum Gasteiger partial charge on any atom is -0.452 e. The van der Waals surface area contributed by atoms with Gasteiger partial charge in [-0.3, -0.25) is 9.48 Å². The van der Waals surface area contributed by atoms with Crippen molar-refractivity contribution in [3.63, 3.8) is 0 Å². The van der Waals surface area contributed by atoms with E-state index in [2.05, 4.69) is 10.4 Å². The zero-order valence-electron chi connectivity index (χ0n) is 17.2. The van der Waals surface area contributed by atoms with Crippen LogP contribution < -0.4 is 5.32 Å². The minimum absolute atomic E-state index is 0.181. The maximum atomic E-state index is 13.1. The molecule has 3 rings (SSSR count). The van der Waals surface area contributed by atoms with Gasteiger partial charge in [-0.2, -0.15) is 18.3 Å². The van der Waals surface area contributed by atoms with Crippen molar-refractivity contribution in [2.24, 2.45) is 0 Å². The zero-order chi connectivity index (χ0) is 23.5. The third kappa shape index (κ3) is 5.28. The van der Waals surface area contributed by atoms with E-state index in [1.807, 2.05) is 12.1 Å². The molecule has 0 aliphatic rings. The number of para-hydroxylation sites is 1. The molecule has 0 aliphatic carbocycles. The molecule has 32 heavy (non-hydrogen) atoms. The second-order valence-electron chi connectivity index (χ2n) is 6.96. The monoisotopic (exact) mass is 465 g/mol. The molecule has 1 N–H and O–H groups in total. The van der Waals surface area contributed by atoms with Gasteiger partial charge < -0.3 is 10.1 Å². The van der Waals surface area contributed by atoms with Crippen LogP contribution in [-0.2, 0) is 22.3 Å². The van der Waals surface area contributed by atoms with Crippen molar-refractivity contribution in [2.75, 3.05) is 11.9 Å². The minimum atomic E-state index is -4.63. The van der Waals surface area contributed by atoms with E-state index in [4.69, 9.17) is 16.3 Å². The normalized spacial score (nSPS) is 11.3. The Morgan fingerprint density at radius 1 is 1.09 bits per heavy atom. The molecule has 2 aromatic carbocycles. The summed E-state index contributed by atoms with van der Waals surface area (Å²) in [7, 11) is 0. The number of carbonyl (C=O) groups excluding carboxylic acids is 2. The van der Waals surface area contributed by atoms with E-state index in [1.165, 1.54) is 12.1 Å². The molecule has 3 aromatic rings. The number of nitrogens with one attached hydrogen (secondary N) is 1. The number of halogens is 4. The zero-order valence-corrected chi connectivity index (χ0v) is 17.9. The highest BCUT2D eigenvalue weighted by molar-refractivity contribution is 6.31. The van der Waals surface area contributed by atoms with Crippen LogP contribution in [0.5, 0.6) is 0 Å². The number of alkyl halides is 3. The van der Waals surface area contributed by atoms with Crippen molar-refractivity contribution < 1.29 is 27.5 Å². The number of amides is 1. The maximum Gasteiger partial charge on any atom is 0.418 e. The molecule has 0 unspecified atom stereocenters. The summed E-state index contributed by atoms with van der Waals surface area (Å²) in [5, 5.41) is 7.01. The average Bonchev–Trinajstić information content (AvgIpc) is 3.00. The summed E-state index contributed by atoms with van der Waals surface area (Å²) in [5.74, 6) is -1.70. The lowest BCUT2D eigenvalue weighted by molar-refractivity contribution is -0.137. The number of anilines is 1. The summed E-state index contributed by atoms with van der Waals surface area (Å²) in [6.07, 6.45) is -4.63. The quantitative estimate of drug-likeness (QED) is 0.519. The highest BCUT2D eigenvalue weighted by atomic mass is 35.5. The van der Waals surface area contributed by atoms with Gasteiger partial charge in [-0.05, 0) is 37.6 Å². The maximum absolute atomic E-state index is 13.1. The fraction of sp³-hybridized carbons (Fsp3) is 0.227. The van der Waals surface area contributed by atoms with Crippen LogP contribution >= 0.6 is 11.6 Å². The topological polar surface area (TPSA) is 73.2 Å². The molecule has 1 heterocycles. The summed E-state index contributed by atoms with van der Waals surface area (Å²) in [6.45, 7) is 2.87. The first kappa shape index (κ1) is 23.3. The highest BCUT2D eigenvalue weighted by Crippen LogP contribution is 2.34. The summed E-state index contributed by atoms with van der Waals surface area (Å²) >= 11 is 6.18. The molecule has 10 heteroatoms. The van der Waals surface area contributed by atoms with Gasteiger partial charge in [-0.15, -0.1) is 0 Å². The number of benzene rings is 2. The molecule has 1 aromatic heterocycles. The van der Waals surface area contributed by atoms with Gasteiger partial charge in [0, 0.05) is 5.02 Å². The van der Waals surface area contributed by atoms with Crippen LogP contribution in [0, 0.1) is 13.8 Å². The van der Waals surface area contributed by atoms with E-state index in [9.17, 15) is 22.8 Å². The summed E-state index contributed by atoms with van der Waals surface area (Å²) < 4.78 is 45.8. The van der Waals surface area contributed by atoms with Gasteiger partial charge in [0.1, 0.15) is 5.56 Å². The van der Waals surface area contributed by atoms with E-state index in [0.29, 0.717) is 23.0 Å². The van der Waals surface area contributed by atoms with Crippen LogP contribution in [0.4, 0.5) is 18.9 Å². The van der Waals surface area contributed by atoms with Crippen LogP contribution in [0.2, 0.25) is 5.02 Å². The fourth-order valence-electron chi connectivity index (χ4n) is 3.16. The number of hydrogen-bond donors (Lipinski definition) is 1. The van der Waals surface area contributed by atoms with Crippen molar-refractivity contribution >= 4 is 29.2 Å². The fourth-order valence-corrected chi connectivity index (χ4v) is 3.36. The van der Waals surface area contributed by atoms with Crippen LogP contribution in [0.1, 0.15) is 32.9 Å². The smallest absolute Gasteiger partial charge is 0.418 e. The van der Waals surface area contributed by atoms with Crippen molar-refractivity contribution in [1.29, 1.82) is 0 Å². The largest absolute Gasteiger partial charge is 0.452 e. The van der Waals surface area contributed by atoms with E-state index in [0.717, 1.165) is 17.7 Å². The predicted molar refractivity (Wildman–Crippen MR) is 113 cm³/mol. The Labute approximate surface area is 186 Å². The molecule has 0 atom stereocenters. The molecule has 6 nitrogen and oxygen atoms in total. The number of aromatic nitrogens is 2. The van der Waals surface area contributed by atoms with Gasteiger partial charge in [0.15, 0.2) is 6.61 Å². The van der Waals surface area contributed by atoms with Crippen molar-refractivity contribution in [3.05, 3.63) is 81.6 Å². The number of aryl methyl sites for hydroxylation is 1. The summed E-state index contributed by atoms with van der Waals surface area (Å²) in [5.41, 5.74) is 0.480. The van der Waals surface area contributed by atoms with Gasteiger partial charge in [0.05, 0.1) is 29.2 Å². The molecule has 0 bridgehead atoms. The molecule has 168 valence electrons. The van der Waals surface area contributed by atoms with Crippen LogP contribution in [0.25, 0.3) is 0 Å². The van der Waals surface area contributed by atoms with Crippen LogP contribution in [-0.4, -0.2) is 28.3 Å². The molecule has 1 amide bonds. The Bertz CT molecular complexity index is 1160. The first-order chi connectivity index (χ1) is 15.1. The lowest BCUT2D eigenvalue weighted by Crippen LogP contribution is -2.23. The van der Waals surface area contributed by atoms with E-state index in [-0.39, 0.29) is 5.56 Å². The number of carbonyl (C=O) groups is 2. The van der Waals surface area contributed by atoms with Gasteiger partial charge in [-0.1, -0.05) is 41.9 Å². The lowest BCUT2D eigenvalue weighted by atomic mass is 10.1. The van der Waals surface area contributed by atoms with Crippen LogP contribution in [0.15, 0.2) is 48.5 Å². The molecule has 0 aliphatic heterocycles.